The van der Waals surface area contributed by atoms with Crippen molar-refractivity contribution in [3.05, 3.63) is 35.4 Å². The maximum absolute atomic E-state index is 14.2. The van der Waals surface area contributed by atoms with Gasteiger partial charge in [-0.25, -0.2) is 4.39 Å². The Morgan fingerprint density at radius 3 is 2.35 bits per heavy atom. The van der Waals surface area contributed by atoms with Crippen LogP contribution in [0.1, 0.15) is 30.1 Å². The molecule has 1 aromatic carbocycles. The Balaban J connectivity index is 2.08. The Morgan fingerprint density at radius 2 is 1.83 bits per heavy atom. The molecule has 0 saturated carbocycles. The van der Waals surface area contributed by atoms with Crippen molar-refractivity contribution in [3.8, 4) is 0 Å². The molecule has 0 spiro atoms. The molecule has 2 rings (SSSR count). The lowest BCUT2D eigenvalue weighted by Crippen LogP contribution is -2.43. The molecule has 1 fully saturated rings. The van der Waals surface area contributed by atoms with Crippen LogP contribution in [0.4, 0.5) is 17.6 Å². The summed E-state index contributed by atoms with van der Waals surface area (Å²) in [5.41, 5.74) is -1.11. The third-order valence-electron chi connectivity index (χ3n) is 3.83. The molecule has 0 radical (unpaired) electrons. The Morgan fingerprint density at radius 1 is 1.22 bits per heavy atom. The monoisotopic (exact) mass is 333 g/mol. The van der Waals surface area contributed by atoms with Gasteiger partial charge in [-0.3, -0.25) is 9.59 Å². The second-order valence-electron chi connectivity index (χ2n) is 5.44. The van der Waals surface area contributed by atoms with Crippen LogP contribution in [-0.2, 0) is 15.8 Å². The topological polar surface area (TPSA) is 57.6 Å². The quantitative estimate of drug-likeness (QED) is 0.865. The van der Waals surface area contributed by atoms with Crippen LogP contribution in [0.3, 0.4) is 0 Å². The lowest BCUT2D eigenvalue weighted by atomic mass is 9.97. The van der Waals surface area contributed by atoms with Crippen molar-refractivity contribution >= 4 is 11.9 Å². The number of halogens is 4. The van der Waals surface area contributed by atoms with Gasteiger partial charge in [-0.2, -0.15) is 13.2 Å². The first-order valence-electron chi connectivity index (χ1n) is 7.03. The van der Waals surface area contributed by atoms with E-state index in [0.29, 0.717) is 25.0 Å². The number of aliphatic carboxylic acids is 1. The standard InChI is InChI=1S/C15H15F4NO3/c16-12(9-3-5-11(6-4-9)15(17,18)19)13(21)20-7-1-2-10(8-20)14(22)23/h3-6,10,12H,1-2,7-8H2,(H,22,23). The van der Waals surface area contributed by atoms with Crippen LogP contribution in [0.2, 0.25) is 0 Å². The van der Waals surface area contributed by atoms with Gasteiger partial charge in [0.2, 0.25) is 6.17 Å². The van der Waals surface area contributed by atoms with Gasteiger partial charge in [0.25, 0.3) is 5.91 Å². The van der Waals surface area contributed by atoms with E-state index < -0.39 is 35.7 Å². The third-order valence-corrected chi connectivity index (χ3v) is 3.83. The molecule has 126 valence electrons. The van der Waals surface area contributed by atoms with Crippen LogP contribution in [0.5, 0.6) is 0 Å². The highest BCUT2D eigenvalue weighted by atomic mass is 19.4. The maximum Gasteiger partial charge on any atom is 0.416 e. The first kappa shape index (κ1) is 17.2. The second kappa shape index (κ2) is 6.55. The van der Waals surface area contributed by atoms with Crippen molar-refractivity contribution in [1.82, 2.24) is 4.90 Å². The van der Waals surface area contributed by atoms with Gasteiger partial charge in [0, 0.05) is 13.1 Å². The summed E-state index contributed by atoms with van der Waals surface area (Å²) in [7, 11) is 0. The maximum atomic E-state index is 14.2. The van der Waals surface area contributed by atoms with Crippen LogP contribution in [0, 0.1) is 5.92 Å². The van der Waals surface area contributed by atoms with E-state index in [1.807, 2.05) is 0 Å². The zero-order valence-electron chi connectivity index (χ0n) is 12.0. The van der Waals surface area contributed by atoms with Crippen LogP contribution < -0.4 is 0 Å². The molecule has 23 heavy (non-hydrogen) atoms. The Bertz CT molecular complexity index is 585. The number of benzene rings is 1. The normalized spacial score (nSPS) is 20.2. The van der Waals surface area contributed by atoms with E-state index in [1.54, 1.807) is 0 Å². The lowest BCUT2D eigenvalue weighted by Gasteiger charge is -2.31. The van der Waals surface area contributed by atoms with Gasteiger partial charge in [0.05, 0.1) is 11.5 Å². The molecule has 1 amide bonds. The zero-order valence-corrected chi connectivity index (χ0v) is 12.0. The first-order chi connectivity index (χ1) is 10.7. The number of hydrogen-bond donors (Lipinski definition) is 1. The number of carboxylic acid groups (broad SMARTS) is 1. The van der Waals surface area contributed by atoms with Gasteiger partial charge in [-0.05, 0) is 30.5 Å². The highest BCUT2D eigenvalue weighted by Crippen LogP contribution is 2.31. The van der Waals surface area contributed by atoms with E-state index in [1.165, 1.54) is 0 Å². The number of nitrogens with zero attached hydrogens (tertiary/aromatic N) is 1. The van der Waals surface area contributed by atoms with Crippen LogP contribution >= 0.6 is 0 Å². The van der Waals surface area contributed by atoms with Crippen molar-refractivity contribution in [2.75, 3.05) is 13.1 Å². The summed E-state index contributed by atoms with van der Waals surface area (Å²) in [6.07, 6.45) is -5.78. The Hall–Kier alpha value is -2.12. The fourth-order valence-corrected chi connectivity index (χ4v) is 2.52. The Labute approximate surface area is 129 Å². The van der Waals surface area contributed by atoms with Crippen molar-refractivity contribution < 1.29 is 32.3 Å². The highest BCUT2D eigenvalue weighted by molar-refractivity contribution is 5.83. The van der Waals surface area contributed by atoms with E-state index in [-0.39, 0.29) is 18.7 Å². The summed E-state index contributed by atoms with van der Waals surface area (Å²) in [6, 6.07) is 3.27. The molecule has 1 N–H and O–H groups in total. The Kier molecular flexibility index (Phi) is 4.91. The number of carbonyl (C=O) groups excluding carboxylic acids is 1. The number of rotatable bonds is 3. The summed E-state index contributed by atoms with van der Waals surface area (Å²) in [5, 5.41) is 8.96. The summed E-state index contributed by atoms with van der Waals surface area (Å²) in [5.74, 6) is -2.71. The van der Waals surface area contributed by atoms with E-state index in [4.69, 9.17) is 5.11 Å². The van der Waals surface area contributed by atoms with Crippen molar-refractivity contribution in [1.29, 1.82) is 0 Å². The first-order valence-corrected chi connectivity index (χ1v) is 7.03. The number of carbonyl (C=O) groups is 2. The van der Waals surface area contributed by atoms with E-state index in [2.05, 4.69) is 0 Å². The van der Waals surface area contributed by atoms with E-state index >= 15 is 0 Å². The lowest BCUT2D eigenvalue weighted by molar-refractivity contribution is -0.147. The highest BCUT2D eigenvalue weighted by Gasteiger charge is 2.34. The molecule has 0 aromatic heterocycles. The number of amides is 1. The van der Waals surface area contributed by atoms with Crippen molar-refractivity contribution in [2.45, 2.75) is 25.2 Å². The number of alkyl halides is 4. The number of piperidine rings is 1. The van der Waals surface area contributed by atoms with Gasteiger partial charge < -0.3 is 10.0 Å². The SMILES string of the molecule is O=C(O)C1CCCN(C(=O)C(F)c2ccc(C(F)(F)F)cc2)C1. The summed E-state index contributed by atoms with van der Waals surface area (Å²) in [4.78, 5) is 24.2. The molecule has 1 aliphatic rings. The number of carboxylic acids is 1. The molecule has 1 aromatic rings. The van der Waals surface area contributed by atoms with Crippen LogP contribution in [-0.4, -0.2) is 35.0 Å². The molecule has 2 atom stereocenters. The predicted molar refractivity (Wildman–Crippen MR) is 72.2 cm³/mol. The summed E-state index contributed by atoms with van der Waals surface area (Å²) in [6.45, 7) is 0.152. The number of likely N-dealkylation sites (tertiary alicyclic amines) is 1. The van der Waals surface area contributed by atoms with Crippen molar-refractivity contribution in [2.24, 2.45) is 5.92 Å². The second-order valence-corrected chi connectivity index (χ2v) is 5.44. The largest absolute Gasteiger partial charge is 0.481 e. The molecule has 1 saturated heterocycles. The van der Waals surface area contributed by atoms with Gasteiger partial charge >= 0.3 is 12.1 Å². The molecule has 1 heterocycles. The molecule has 8 heteroatoms. The molecule has 2 unspecified atom stereocenters. The van der Waals surface area contributed by atoms with E-state index in [0.717, 1.165) is 17.0 Å². The van der Waals surface area contributed by atoms with Gasteiger partial charge in [-0.1, -0.05) is 12.1 Å². The van der Waals surface area contributed by atoms with Gasteiger partial charge in [0.15, 0.2) is 0 Å². The molecular formula is C15H15F4NO3. The van der Waals surface area contributed by atoms with Crippen molar-refractivity contribution in [3.63, 3.8) is 0 Å². The minimum absolute atomic E-state index is 0.0881. The summed E-state index contributed by atoms with van der Waals surface area (Å²) < 4.78 is 51.6. The zero-order chi connectivity index (χ0) is 17.2. The average Bonchev–Trinajstić information content (AvgIpc) is 2.53. The molecule has 4 nitrogen and oxygen atoms in total. The number of hydrogen-bond acceptors (Lipinski definition) is 2. The van der Waals surface area contributed by atoms with Crippen LogP contribution in [0.25, 0.3) is 0 Å². The fourth-order valence-electron chi connectivity index (χ4n) is 2.52. The van der Waals surface area contributed by atoms with Gasteiger partial charge in [0.1, 0.15) is 0 Å². The fraction of sp³-hybridized carbons (Fsp3) is 0.467. The van der Waals surface area contributed by atoms with E-state index in [9.17, 15) is 27.2 Å². The molecule has 1 aliphatic heterocycles. The van der Waals surface area contributed by atoms with Gasteiger partial charge in [-0.15, -0.1) is 0 Å². The molecule has 0 aliphatic carbocycles. The minimum Gasteiger partial charge on any atom is -0.481 e. The van der Waals surface area contributed by atoms with Crippen LogP contribution in [0.15, 0.2) is 24.3 Å². The minimum atomic E-state index is -4.53. The summed E-state index contributed by atoms with van der Waals surface area (Å²) >= 11 is 0. The molecule has 0 bridgehead atoms. The smallest absolute Gasteiger partial charge is 0.416 e. The predicted octanol–water partition coefficient (Wildman–Crippen LogP) is 3.04. The third kappa shape index (κ3) is 4.00. The average molecular weight is 333 g/mol. The molecular weight excluding hydrogens is 318 g/mol.